The molecule has 0 spiro atoms. The lowest BCUT2D eigenvalue weighted by molar-refractivity contribution is -0.123. The average molecular weight is 346 g/mol. The third-order valence-corrected chi connectivity index (χ3v) is 4.55. The van der Waals surface area contributed by atoms with Crippen molar-refractivity contribution in [3.05, 3.63) is 35.7 Å². The van der Waals surface area contributed by atoms with Crippen molar-refractivity contribution in [1.82, 2.24) is 29.5 Å². The van der Waals surface area contributed by atoms with Gasteiger partial charge in [0, 0.05) is 58.6 Å². The Hall–Kier alpha value is -2.19. The van der Waals surface area contributed by atoms with Crippen LogP contribution in [-0.4, -0.2) is 56.9 Å². The second-order valence-corrected chi connectivity index (χ2v) is 6.40. The lowest BCUT2D eigenvalue weighted by Gasteiger charge is -2.32. The Balaban J connectivity index is 1.74. The minimum absolute atomic E-state index is 0.0239. The van der Waals surface area contributed by atoms with E-state index in [1.54, 1.807) is 13.4 Å². The number of nitrogens with zero attached hydrogens (tertiary/aromatic N) is 5. The topological polar surface area (TPSA) is 77.2 Å². The maximum atomic E-state index is 12.7. The summed E-state index contributed by atoms with van der Waals surface area (Å²) in [6, 6.07) is 0. The number of methoxy groups -OCH3 is 1. The highest BCUT2D eigenvalue weighted by Crippen LogP contribution is 2.28. The summed E-state index contributed by atoms with van der Waals surface area (Å²) in [5.41, 5.74) is 3.14. The molecule has 1 amide bonds. The molecule has 3 rings (SSSR count). The quantitative estimate of drug-likeness (QED) is 0.739. The van der Waals surface area contributed by atoms with Gasteiger partial charge in [-0.1, -0.05) is 0 Å². The van der Waals surface area contributed by atoms with Gasteiger partial charge in [-0.05, 0) is 6.92 Å². The van der Waals surface area contributed by atoms with Gasteiger partial charge in [0.1, 0.15) is 0 Å². The molecular weight excluding hydrogens is 320 g/mol. The molecule has 0 saturated heterocycles. The SMILES string of the molecule is CCn1cc(CN2Cc3ncn(C)c3C(C(=O)NCCOC)C2)cn1. The average Bonchev–Trinajstić information content (AvgIpc) is 3.21. The van der Waals surface area contributed by atoms with E-state index in [2.05, 4.69) is 33.4 Å². The van der Waals surface area contributed by atoms with Crippen molar-refractivity contribution >= 4 is 5.91 Å². The number of hydrogen-bond acceptors (Lipinski definition) is 5. The van der Waals surface area contributed by atoms with E-state index in [9.17, 15) is 4.79 Å². The zero-order chi connectivity index (χ0) is 17.8. The summed E-state index contributed by atoms with van der Waals surface area (Å²) in [5, 5.41) is 7.29. The van der Waals surface area contributed by atoms with Crippen LogP contribution in [0.1, 0.15) is 29.8 Å². The number of amides is 1. The highest BCUT2D eigenvalue weighted by Gasteiger charge is 2.33. The van der Waals surface area contributed by atoms with Gasteiger partial charge in [0.15, 0.2) is 0 Å². The molecule has 25 heavy (non-hydrogen) atoms. The van der Waals surface area contributed by atoms with Crippen LogP contribution in [-0.2, 0) is 36.2 Å². The van der Waals surface area contributed by atoms with Crippen LogP contribution in [0.3, 0.4) is 0 Å². The van der Waals surface area contributed by atoms with E-state index < -0.39 is 0 Å². The van der Waals surface area contributed by atoms with Crippen LogP contribution in [0.25, 0.3) is 0 Å². The number of rotatable bonds is 7. The summed E-state index contributed by atoms with van der Waals surface area (Å²) in [5.74, 6) is -0.204. The van der Waals surface area contributed by atoms with Gasteiger partial charge in [0.05, 0.1) is 36.4 Å². The molecule has 0 fully saturated rings. The molecule has 0 radical (unpaired) electrons. The van der Waals surface area contributed by atoms with Crippen LogP contribution in [0.5, 0.6) is 0 Å². The molecule has 1 aliphatic heterocycles. The number of carbonyl (C=O) groups is 1. The molecule has 0 aliphatic carbocycles. The normalized spacial score (nSPS) is 17.5. The first-order valence-electron chi connectivity index (χ1n) is 8.62. The van der Waals surface area contributed by atoms with Crippen molar-refractivity contribution in [3.63, 3.8) is 0 Å². The Bertz CT molecular complexity index is 723. The fourth-order valence-electron chi connectivity index (χ4n) is 3.32. The summed E-state index contributed by atoms with van der Waals surface area (Å²) >= 11 is 0. The van der Waals surface area contributed by atoms with Crippen molar-refractivity contribution in [1.29, 1.82) is 0 Å². The Labute approximate surface area is 147 Å². The highest BCUT2D eigenvalue weighted by atomic mass is 16.5. The van der Waals surface area contributed by atoms with Gasteiger partial charge in [0.25, 0.3) is 0 Å². The van der Waals surface area contributed by atoms with Gasteiger partial charge >= 0.3 is 0 Å². The Kier molecular flexibility index (Phi) is 5.50. The Morgan fingerprint density at radius 3 is 3.04 bits per heavy atom. The van der Waals surface area contributed by atoms with Gasteiger partial charge in [0.2, 0.25) is 5.91 Å². The van der Waals surface area contributed by atoms with Gasteiger partial charge in [-0.15, -0.1) is 0 Å². The number of hydrogen-bond donors (Lipinski definition) is 1. The third kappa shape index (κ3) is 3.91. The molecule has 0 bridgehead atoms. The first-order chi connectivity index (χ1) is 12.1. The predicted octanol–water partition coefficient (Wildman–Crippen LogP) is 0.499. The number of imidazole rings is 1. The molecular formula is C17H26N6O2. The zero-order valence-corrected chi connectivity index (χ0v) is 15.1. The van der Waals surface area contributed by atoms with E-state index in [1.807, 2.05) is 22.5 Å². The summed E-state index contributed by atoms with van der Waals surface area (Å²) in [7, 11) is 3.58. The summed E-state index contributed by atoms with van der Waals surface area (Å²) in [6.07, 6.45) is 5.74. The van der Waals surface area contributed by atoms with Gasteiger partial charge < -0.3 is 14.6 Å². The molecule has 1 unspecified atom stereocenters. The molecule has 8 heteroatoms. The maximum Gasteiger partial charge on any atom is 0.230 e. The number of aromatic nitrogens is 4. The standard InChI is InChI=1S/C17H26N6O2/c1-4-23-9-13(7-20-23)8-22-10-14(17(24)18-5-6-25-3)16-15(11-22)19-12-21(16)2/h7,9,12,14H,4-6,8,10-11H2,1-3H3,(H,18,24). The van der Waals surface area contributed by atoms with Crippen molar-refractivity contribution in [2.75, 3.05) is 26.8 Å². The van der Waals surface area contributed by atoms with Crippen LogP contribution in [0.2, 0.25) is 0 Å². The van der Waals surface area contributed by atoms with Crippen molar-refractivity contribution in [2.45, 2.75) is 32.5 Å². The molecule has 3 heterocycles. The second kappa shape index (κ2) is 7.79. The summed E-state index contributed by atoms with van der Waals surface area (Å²) in [6.45, 7) is 6.13. The number of ether oxygens (including phenoxy) is 1. The first kappa shape index (κ1) is 17.6. The molecule has 1 aliphatic rings. The molecule has 0 aromatic carbocycles. The molecule has 1 atom stereocenters. The first-order valence-corrected chi connectivity index (χ1v) is 8.62. The predicted molar refractivity (Wildman–Crippen MR) is 92.8 cm³/mol. The van der Waals surface area contributed by atoms with E-state index in [1.165, 1.54) is 0 Å². The van der Waals surface area contributed by atoms with Gasteiger partial charge in [-0.3, -0.25) is 14.4 Å². The summed E-state index contributed by atoms with van der Waals surface area (Å²) in [4.78, 5) is 19.4. The minimum atomic E-state index is -0.227. The molecule has 2 aromatic rings. The Morgan fingerprint density at radius 2 is 2.32 bits per heavy atom. The van der Waals surface area contributed by atoms with E-state index in [0.29, 0.717) is 19.7 Å². The minimum Gasteiger partial charge on any atom is -0.383 e. The van der Waals surface area contributed by atoms with Crippen LogP contribution < -0.4 is 5.32 Å². The van der Waals surface area contributed by atoms with E-state index in [4.69, 9.17) is 4.74 Å². The number of carbonyl (C=O) groups excluding carboxylic acids is 1. The molecule has 2 aromatic heterocycles. The molecule has 136 valence electrons. The van der Waals surface area contributed by atoms with E-state index in [0.717, 1.165) is 36.6 Å². The van der Waals surface area contributed by atoms with Crippen LogP contribution in [0.4, 0.5) is 0 Å². The summed E-state index contributed by atoms with van der Waals surface area (Å²) < 4.78 is 8.90. The van der Waals surface area contributed by atoms with Crippen LogP contribution >= 0.6 is 0 Å². The van der Waals surface area contributed by atoms with Gasteiger partial charge in [-0.2, -0.15) is 5.10 Å². The third-order valence-electron chi connectivity index (χ3n) is 4.55. The number of aryl methyl sites for hydroxylation is 2. The zero-order valence-electron chi connectivity index (χ0n) is 15.1. The number of nitrogens with one attached hydrogen (secondary N) is 1. The fourth-order valence-corrected chi connectivity index (χ4v) is 3.32. The van der Waals surface area contributed by atoms with E-state index in [-0.39, 0.29) is 11.8 Å². The fraction of sp³-hybridized carbons (Fsp3) is 0.588. The van der Waals surface area contributed by atoms with Crippen molar-refractivity contribution in [3.8, 4) is 0 Å². The van der Waals surface area contributed by atoms with E-state index >= 15 is 0 Å². The van der Waals surface area contributed by atoms with Crippen LogP contribution in [0, 0.1) is 0 Å². The second-order valence-electron chi connectivity index (χ2n) is 6.40. The highest BCUT2D eigenvalue weighted by molar-refractivity contribution is 5.84. The van der Waals surface area contributed by atoms with Crippen LogP contribution in [0.15, 0.2) is 18.7 Å². The molecule has 8 nitrogen and oxygen atoms in total. The van der Waals surface area contributed by atoms with Crippen molar-refractivity contribution < 1.29 is 9.53 Å². The Morgan fingerprint density at radius 1 is 1.48 bits per heavy atom. The maximum absolute atomic E-state index is 12.7. The molecule has 1 N–H and O–H groups in total. The molecule has 0 saturated carbocycles. The van der Waals surface area contributed by atoms with Crippen molar-refractivity contribution in [2.24, 2.45) is 7.05 Å². The van der Waals surface area contributed by atoms with Gasteiger partial charge in [-0.25, -0.2) is 4.98 Å². The lowest BCUT2D eigenvalue weighted by Crippen LogP contribution is -2.42. The largest absolute Gasteiger partial charge is 0.383 e. The number of fused-ring (bicyclic) bond motifs is 1. The monoisotopic (exact) mass is 346 g/mol. The smallest absolute Gasteiger partial charge is 0.230 e. The lowest BCUT2D eigenvalue weighted by atomic mass is 9.97.